The molecule has 1 unspecified atom stereocenters. The van der Waals surface area contributed by atoms with Crippen molar-refractivity contribution in [3.05, 3.63) is 69.3 Å². The number of phenolic OH excluding ortho intramolecular Hbond substituents is 1. The molecule has 0 saturated carbocycles. The van der Waals surface area contributed by atoms with E-state index in [9.17, 15) is 9.90 Å². The zero-order valence-corrected chi connectivity index (χ0v) is 16.8. The van der Waals surface area contributed by atoms with Crippen molar-refractivity contribution in [2.75, 3.05) is 6.54 Å². The minimum absolute atomic E-state index is 0.103. The number of fused-ring (bicyclic) bond motifs is 1. The lowest BCUT2D eigenvalue weighted by atomic mass is 9.95. The smallest absolute Gasteiger partial charge is 0.273 e. The van der Waals surface area contributed by atoms with Crippen LogP contribution in [0.4, 0.5) is 0 Å². The molecule has 1 amide bonds. The Bertz CT molecular complexity index is 1050. The molecule has 1 aliphatic heterocycles. The lowest BCUT2D eigenvalue weighted by Crippen LogP contribution is -2.30. The molecule has 1 atom stereocenters. The van der Waals surface area contributed by atoms with Gasteiger partial charge in [-0.2, -0.15) is 5.10 Å². The Balaban J connectivity index is 1.90. The van der Waals surface area contributed by atoms with Crippen molar-refractivity contribution in [1.82, 2.24) is 15.1 Å². The van der Waals surface area contributed by atoms with E-state index in [4.69, 9.17) is 23.2 Å². The molecular weight excluding hydrogens is 397 g/mol. The second-order valence-electron chi connectivity index (χ2n) is 6.81. The zero-order chi connectivity index (χ0) is 19.8. The van der Waals surface area contributed by atoms with Crippen LogP contribution < -0.4 is 0 Å². The Morgan fingerprint density at radius 3 is 2.68 bits per heavy atom. The number of hydrogen-bond donors (Lipinski definition) is 2. The van der Waals surface area contributed by atoms with E-state index in [1.165, 1.54) is 0 Å². The first-order chi connectivity index (χ1) is 13.5. The number of rotatable bonds is 5. The molecule has 5 nitrogen and oxygen atoms in total. The average molecular weight is 416 g/mol. The summed E-state index contributed by atoms with van der Waals surface area (Å²) in [6.07, 6.45) is 1.85. The van der Waals surface area contributed by atoms with Crippen LogP contribution in [0.1, 0.15) is 47.4 Å². The number of amides is 1. The van der Waals surface area contributed by atoms with Crippen molar-refractivity contribution < 1.29 is 9.90 Å². The minimum Gasteiger partial charge on any atom is -0.507 e. The van der Waals surface area contributed by atoms with Gasteiger partial charge < -0.3 is 10.0 Å². The van der Waals surface area contributed by atoms with E-state index in [1.807, 2.05) is 17.0 Å². The van der Waals surface area contributed by atoms with Crippen molar-refractivity contribution in [2.24, 2.45) is 0 Å². The van der Waals surface area contributed by atoms with Gasteiger partial charge in [-0.1, -0.05) is 54.7 Å². The molecule has 0 spiro atoms. The van der Waals surface area contributed by atoms with Crippen LogP contribution in [-0.4, -0.2) is 32.7 Å². The molecule has 2 heterocycles. The van der Waals surface area contributed by atoms with Gasteiger partial charge in [-0.25, -0.2) is 0 Å². The summed E-state index contributed by atoms with van der Waals surface area (Å²) in [5.74, 6) is 0.0119. The molecule has 0 saturated heterocycles. The summed E-state index contributed by atoms with van der Waals surface area (Å²) in [7, 11) is 0. The molecule has 0 radical (unpaired) electrons. The highest BCUT2D eigenvalue weighted by atomic mass is 35.5. The summed E-state index contributed by atoms with van der Waals surface area (Å²) in [6.45, 7) is 2.70. The third-order valence-corrected chi connectivity index (χ3v) is 5.77. The van der Waals surface area contributed by atoms with Crippen LogP contribution in [0.5, 0.6) is 5.75 Å². The van der Waals surface area contributed by atoms with E-state index < -0.39 is 0 Å². The number of para-hydroxylation sites is 1. The van der Waals surface area contributed by atoms with Crippen LogP contribution in [0.2, 0.25) is 10.0 Å². The number of aromatic amines is 1. The van der Waals surface area contributed by atoms with Crippen LogP contribution in [0, 0.1) is 0 Å². The number of carbonyl (C=O) groups is 1. The maximum absolute atomic E-state index is 13.1. The topological polar surface area (TPSA) is 69.2 Å². The molecule has 1 aromatic heterocycles. The van der Waals surface area contributed by atoms with Crippen LogP contribution in [-0.2, 0) is 0 Å². The monoisotopic (exact) mass is 415 g/mol. The Kier molecular flexibility index (Phi) is 5.04. The summed E-state index contributed by atoms with van der Waals surface area (Å²) in [6, 6.07) is 12.0. The number of hydrogen-bond acceptors (Lipinski definition) is 3. The quantitative estimate of drug-likeness (QED) is 0.583. The van der Waals surface area contributed by atoms with Gasteiger partial charge in [0.1, 0.15) is 17.1 Å². The molecule has 3 aromatic rings. The largest absolute Gasteiger partial charge is 0.507 e. The minimum atomic E-state index is -0.350. The summed E-state index contributed by atoms with van der Waals surface area (Å²) in [4.78, 5) is 14.9. The molecule has 4 rings (SSSR count). The van der Waals surface area contributed by atoms with Gasteiger partial charge in [0.25, 0.3) is 5.91 Å². The molecular formula is C21H19Cl2N3O2. The van der Waals surface area contributed by atoms with E-state index in [0.29, 0.717) is 33.5 Å². The predicted octanol–water partition coefficient (Wildman–Crippen LogP) is 5.43. The Hall–Kier alpha value is -2.50. The van der Waals surface area contributed by atoms with Gasteiger partial charge in [0, 0.05) is 17.7 Å². The number of halogens is 2. The second kappa shape index (κ2) is 7.49. The number of benzene rings is 2. The Labute approximate surface area is 172 Å². The molecule has 0 bridgehead atoms. The first kappa shape index (κ1) is 18.8. The van der Waals surface area contributed by atoms with Crippen LogP contribution >= 0.6 is 23.2 Å². The summed E-state index contributed by atoms with van der Waals surface area (Å²) in [5.41, 5.74) is 3.20. The van der Waals surface area contributed by atoms with Crippen molar-refractivity contribution in [3.63, 3.8) is 0 Å². The van der Waals surface area contributed by atoms with E-state index in [-0.39, 0.29) is 17.7 Å². The number of aromatic hydroxyl groups is 1. The highest BCUT2D eigenvalue weighted by Gasteiger charge is 2.42. The Morgan fingerprint density at radius 1 is 1.18 bits per heavy atom. The van der Waals surface area contributed by atoms with Gasteiger partial charge in [0.2, 0.25) is 0 Å². The van der Waals surface area contributed by atoms with Crippen molar-refractivity contribution >= 4 is 29.1 Å². The molecule has 28 heavy (non-hydrogen) atoms. The van der Waals surface area contributed by atoms with Gasteiger partial charge in [-0.3, -0.25) is 9.89 Å². The number of nitrogens with zero attached hydrogens (tertiary/aromatic N) is 2. The third kappa shape index (κ3) is 3.05. The molecule has 2 aromatic carbocycles. The number of phenols is 1. The van der Waals surface area contributed by atoms with Gasteiger partial charge in [-0.05, 0) is 36.2 Å². The fourth-order valence-electron chi connectivity index (χ4n) is 3.66. The third-order valence-electron chi connectivity index (χ3n) is 5.03. The maximum Gasteiger partial charge on any atom is 0.273 e. The van der Waals surface area contributed by atoms with Crippen molar-refractivity contribution in [3.8, 4) is 17.0 Å². The molecule has 2 N–H and O–H groups in total. The van der Waals surface area contributed by atoms with Crippen molar-refractivity contribution in [2.45, 2.75) is 25.8 Å². The maximum atomic E-state index is 13.1. The normalized spacial score (nSPS) is 15.9. The number of aromatic nitrogens is 2. The highest BCUT2D eigenvalue weighted by molar-refractivity contribution is 6.42. The van der Waals surface area contributed by atoms with Gasteiger partial charge >= 0.3 is 0 Å². The first-order valence-electron chi connectivity index (χ1n) is 9.15. The molecule has 0 aliphatic carbocycles. The van der Waals surface area contributed by atoms with Crippen LogP contribution in [0.15, 0.2) is 42.5 Å². The Morgan fingerprint density at radius 2 is 1.96 bits per heavy atom. The molecule has 0 fully saturated rings. The van der Waals surface area contributed by atoms with Crippen molar-refractivity contribution in [1.29, 1.82) is 0 Å². The summed E-state index contributed by atoms with van der Waals surface area (Å²) < 4.78 is 0. The fraction of sp³-hybridized carbons (Fsp3) is 0.238. The van der Waals surface area contributed by atoms with Gasteiger partial charge in [0.05, 0.1) is 16.1 Å². The lowest BCUT2D eigenvalue weighted by molar-refractivity contribution is 0.0741. The molecule has 1 aliphatic rings. The van der Waals surface area contributed by atoms with Crippen LogP contribution in [0.25, 0.3) is 11.3 Å². The fourth-order valence-corrected chi connectivity index (χ4v) is 3.97. The molecule has 7 heteroatoms. The SMILES string of the molecule is CCCCN1C(=O)c2[nH]nc(-c3ccccc3O)c2C1c1ccc(Cl)c(Cl)c1. The first-order valence-corrected chi connectivity index (χ1v) is 9.91. The number of nitrogens with one attached hydrogen (secondary N) is 1. The van der Waals surface area contributed by atoms with E-state index in [1.54, 1.807) is 30.3 Å². The average Bonchev–Trinajstić information content (AvgIpc) is 3.22. The van der Waals surface area contributed by atoms with E-state index >= 15 is 0 Å². The zero-order valence-electron chi connectivity index (χ0n) is 15.2. The number of H-pyrrole nitrogens is 1. The standard InChI is InChI=1S/C21H19Cl2N3O2/c1-2-3-10-26-20(12-8-9-14(22)15(23)11-12)17-18(24-25-19(17)21(26)28)13-6-4-5-7-16(13)27/h4-9,11,20,27H,2-3,10H2,1H3,(H,24,25). The summed E-state index contributed by atoms with van der Waals surface area (Å²) in [5, 5.41) is 18.5. The van der Waals surface area contributed by atoms with Gasteiger partial charge in [0.15, 0.2) is 0 Å². The number of carbonyl (C=O) groups excluding carboxylic acids is 1. The summed E-state index contributed by atoms with van der Waals surface area (Å²) >= 11 is 12.4. The van der Waals surface area contributed by atoms with E-state index in [0.717, 1.165) is 24.0 Å². The lowest BCUT2D eigenvalue weighted by Gasteiger charge is -2.26. The highest BCUT2D eigenvalue weighted by Crippen LogP contribution is 2.45. The second-order valence-corrected chi connectivity index (χ2v) is 7.62. The molecule has 144 valence electrons. The van der Waals surface area contributed by atoms with Crippen LogP contribution in [0.3, 0.4) is 0 Å². The van der Waals surface area contributed by atoms with Gasteiger partial charge in [-0.15, -0.1) is 0 Å². The number of unbranched alkanes of at least 4 members (excludes halogenated alkanes) is 1. The van der Waals surface area contributed by atoms with E-state index in [2.05, 4.69) is 17.1 Å². The predicted molar refractivity (Wildman–Crippen MR) is 110 cm³/mol.